The third kappa shape index (κ3) is 6.71. The summed E-state index contributed by atoms with van der Waals surface area (Å²) in [6.45, 7) is 2.17. The average molecular weight is 462 g/mol. The molecule has 1 aromatic heterocycles. The van der Waals surface area contributed by atoms with E-state index >= 15 is 0 Å². The lowest BCUT2D eigenvalue weighted by molar-refractivity contribution is -0.137. The van der Waals surface area contributed by atoms with Crippen LogP contribution in [-0.4, -0.2) is 29.1 Å². The second-order valence-electron chi connectivity index (χ2n) is 6.51. The summed E-state index contributed by atoms with van der Waals surface area (Å²) in [4.78, 5) is 20.0. The van der Waals surface area contributed by atoms with Crippen molar-refractivity contribution in [3.63, 3.8) is 0 Å². The van der Waals surface area contributed by atoms with Gasteiger partial charge in [0, 0.05) is 29.3 Å². The van der Waals surface area contributed by atoms with Gasteiger partial charge in [-0.15, -0.1) is 0 Å². The van der Waals surface area contributed by atoms with Gasteiger partial charge in [0.1, 0.15) is 18.0 Å². The molecule has 0 saturated heterocycles. The second kappa shape index (κ2) is 9.38. The van der Waals surface area contributed by atoms with Gasteiger partial charge in [-0.25, -0.2) is 18.8 Å². The van der Waals surface area contributed by atoms with E-state index in [0.29, 0.717) is 18.5 Å². The Kier molecular flexibility index (Phi) is 7.32. The number of anilines is 1. The highest BCUT2D eigenvalue weighted by atomic mass is 35.5. The lowest BCUT2D eigenvalue weighted by Gasteiger charge is -2.18. The lowest BCUT2D eigenvalue weighted by atomic mass is 10.1. The molecule has 2 aromatic rings. The summed E-state index contributed by atoms with van der Waals surface area (Å²) in [5.41, 5.74) is -1.72. The molecule has 0 radical (unpaired) electrons. The van der Waals surface area contributed by atoms with Gasteiger partial charge in [0.15, 0.2) is 0 Å². The van der Waals surface area contributed by atoms with E-state index in [1.807, 2.05) is 0 Å². The maximum atomic E-state index is 13.3. The van der Waals surface area contributed by atoms with Crippen molar-refractivity contribution in [3.8, 4) is 0 Å². The molecule has 166 valence electrons. The zero-order valence-electron chi connectivity index (χ0n) is 16.2. The number of nitrogens with one attached hydrogen (secondary N) is 3. The molecule has 0 unspecified atom stereocenters. The molecule has 1 heterocycles. The van der Waals surface area contributed by atoms with Gasteiger partial charge >= 0.3 is 6.18 Å². The lowest BCUT2D eigenvalue weighted by Crippen LogP contribution is -2.42. The Morgan fingerprint density at radius 2 is 1.87 bits per heavy atom. The zero-order chi connectivity index (χ0) is 23.4. The number of rotatable bonds is 6. The fourth-order valence-electron chi connectivity index (χ4n) is 2.41. The first kappa shape index (κ1) is 24.2. The minimum Gasteiger partial charge on any atom is -0.342 e. The quantitative estimate of drug-likeness (QED) is 0.317. The van der Waals surface area contributed by atoms with Gasteiger partial charge in [-0.3, -0.25) is 10.2 Å². The Hall–Kier alpha value is -3.08. The molecule has 1 amide bonds. The number of halogens is 6. The number of hydrogen-bond donors (Lipinski definition) is 3. The fraction of sp³-hybridized carbons (Fsp3) is 0.263. The van der Waals surface area contributed by atoms with Crippen LogP contribution in [0.2, 0.25) is 5.02 Å². The number of aromatic nitrogens is 1. The number of alkyl halides is 5. The third-order valence-electron chi connectivity index (χ3n) is 3.98. The maximum absolute atomic E-state index is 13.3. The average Bonchev–Trinajstić information content (AvgIpc) is 2.66. The van der Waals surface area contributed by atoms with Crippen molar-refractivity contribution in [2.75, 3.05) is 5.32 Å². The van der Waals surface area contributed by atoms with Crippen molar-refractivity contribution in [3.05, 3.63) is 58.2 Å². The van der Waals surface area contributed by atoms with Crippen LogP contribution in [0.5, 0.6) is 0 Å². The van der Waals surface area contributed by atoms with Gasteiger partial charge < -0.3 is 10.6 Å². The molecular weight excluding hydrogens is 445 g/mol. The van der Waals surface area contributed by atoms with Gasteiger partial charge in [-0.05, 0) is 37.3 Å². The molecule has 0 aliphatic carbocycles. The molecule has 2 rings (SSSR count). The van der Waals surface area contributed by atoms with E-state index in [2.05, 4.69) is 20.6 Å². The van der Waals surface area contributed by atoms with Gasteiger partial charge in [0.2, 0.25) is 0 Å². The number of hydrogen-bond acceptors (Lipinski definition) is 3. The minimum absolute atomic E-state index is 0.00457. The van der Waals surface area contributed by atoms with Crippen LogP contribution in [0.25, 0.3) is 0 Å². The van der Waals surface area contributed by atoms with E-state index in [1.165, 1.54) is 13.0 Å². The highest BCUT2D eigenvalue weighted by molar-refractivity contribution is 6.31. The summed E-state index contributed by atoms with van der Waals surface area (Å²) in [6, 6.07) is 3.92. The first-order valence-corrected chi connectivity index (χ1v) is 9.05. The summed E-state index contributed by atoms with van der Waals surface area (Å²) in [5.74, 6) is -3.83. The Morgan fingerprint density at radius 1 is 1.19 bits per heavy atom. The molecule has 3 N–H and O–H groups in total. The van der Waals surface area contributed by atoms with Gasteiger partial charge in [-0.1, -0.05) is 11.6 Å². The molecule has 0 aliphatic rings. The molecule has 6 nitrogen and oxygen atoms in total. The van der Waals surface area contributed by atoms with Crippen molar-refractivity contribution < 1.29 is 26.7 Å². The van der Waals surface area contributed by atoms with Crippen LogP contribution in [0.15, 0.2) is 41.5 Å². The van der Waals surface area contributed by atoms with E-state index in [9.17, 15) is 26.7 Å². The van der Waals surface area contributed by atoms with Crippen molar-refractivity contribution in [1.29, 1.82) is 5.41 Å². The smallest absolute Gasteiger partial charge is 0.342 e. The highest BCUT2D eigenvalue weighted by Crippen LogP contribution is 2.32. The number of amides is 1. The Labute approximate surface area is 179 Å². The number of nitrogens with zero attached hydrogens (tertiary/aromatic N) is 2. The van der Waals surface area contributed by atoms with Crippen molar-refractivity contribution in [2.24, 2.45) is 4.99 Å². The minimum atomic E-state index is -4.69. The van der Waals surface area contributed by atoms with Gasteiger partial charge in [0.25, 0.3) is 11.8 Å². The SMILES string of the molecule is C[C@H](NC(=O)c1cc(Cl)cc(C(F)(F)F)c1)/C(=N/C=N)Nc1ccc(C(C)(F)F)cn1. The summed E-state index contributed by atoms with van der Waals surface area (Å²) in [5, 5.41) is 12.0. The Bertz CT molecular complexity index is 987. The molecule has 0 fully saturated rings. The van der Waals surface area contributed by atoms with Crippen LogP contribution in [0.1, 0.15) is 35.3 Å². The van der Waals surface area contributed by atoms with E-state index in [1.54, 1.807) is 0 Å². The second-order valence-corrected chi connectivity index (χ2v) is 6.95. The van der Waals surface area contributed by atoms with Crippen LogP contribution in [0, 0.1) is 5.41 Å². The van der Waals surface area contributed by atoms with E-state index < -0.39 is 29.6 Å². The topological polar surface area (TPSA) is 90.2 Å². The van der Waals surface area contributed by atoms with Crippen LogP contribution in [-0.2, 0) is 12.1 Å². The molecule has 0 bridgehead atoms. The van der Waals surface area contributed by atoms with E-state index in [4.69, 9.17) is 17.0 Å². The largest absolute Gasteiger partial charge is 0.416 e. The van der Waals surface area contributed by atoms with Gasteiger partial charge in [0.05, 0.1) is 11.6 Å². The van der Waals surface area contributed by atoms with Crippen molar-refractivity contribution >= 4 is 35.5 Å². The van der Waals surface area contributed by atoms with Crippen LogP contribution in [0.3, 0.4) is 0 Å². The van der Waals surface area contributed by atoms with Crippen LogP contribution < -0.4 is 10.6 Å². The Balaban J connectivity index is 2.18. The standard InChI is InChI=1S/C19H17ClF5N5O/c1-10(29-17(31)11-5-13(19(23,24)25)7-14(20)6-11)16(28-9-26)30-15-4-3-12(8-27-15)18(2,21)22/h3-10H,1-2H3,(H,29,31)(H2,26,27,28,30)/t10-/m0/s1. The van der Waals surface area contributed by atoms with Crippen molar-refractivity contribution in [1.82, 2.24) is 10.3 Å². The summed E-state index contributed by atoms with van der Waals surface area (Å²) in [7, 11) is 0. The first-order chi connectivity index (χ1) is 14.3. The molecule has 1 atom stereocenters. The summed E-state index contributed by atoms with van der Waals surface area (Å²) < 4.78 is 65.4. The summed E-state index contributed by atoms with van der Waals surface area (Å²) in [6.07, 6.45) is -3.06. The van der Waals surface area contributed by atoms with Crippen molar-refractivity contribution in [2.45, 2.75) is 32.0 Å². The number of carbonyl (C=O) groups excluding carboxylic acids is 1. The fourth-order valence-corrected chi connectivity index (χ4v) is 2.65. The molecule has 0 aliphatic heterocycles. The number of benzene rings is 1. The van der Waals surface area contributed by atoms with Gasteiger partial charge in [-0.2, -0.15) is 13.2 Å². The number of aliphatic imine (C=N–C) groups is 1. The molecule has 12 heteroatoms. The third-order valence-corrected chi connectivity index (χ3v) is 4.19. The molecule has 1 aromatic carbocycles. The van der Waals surface area contributed by atoms with Crippen LogP contribution in [0.4, 0.5) is 27.8 Å². The van der Waals surface area contributed by atoms with Crippen LogP contribution >= 0.6 is 11.6 Å². The van der Waals surface area contributed by atoms with E-state index in [0.717, 1.165) is 25.3 Å². The number of carbonyl (C=O) groups is 1. The molecule has 31 heavy (non-hydrogen) atoms. The Morgan fingerprint density at radius 3 is 2.39 bits per heavy atom. The number of pyridine rings is 1. The predicted octanol–water partition coefficient (Wildman–Crippen LogP) is 5.10. The maximum Gasteiger partial charge on any atom is 0.416 e. The first-order valence-electron chi connectivity index (χ1n) is 8.68. The monoisotopic (exact) mass is 461 g/mol. The normalized spacial score (nSPS) is 13.5. The molecular formula is C19H17ClF5N5O. The predicted molar refractivity (Wildman–Crippen MR) is 107 cm³/mol. The molecule has 0 saturated carbocycles. The summed E-state index contributed by atoms with van der Waals surface area (Å²) >= 11 is 5.69. The molecule has 0 spiro atoms. The highest BCUT2D eigenvalue weighted by Gasteiger charge is 2.32. The zero-order valence-corrected chi connectivity index (χ0v) is 16.9. The number of amidine groups is 1. The van der Waals surface area contributed by atoms with E-state index in [-0.39, 0.29) is 27.8 Å².